The quantitative estimate of drug-likeness (QED) is 0.761. The van der Waals surface area contributed by atoms with Crippen molar-refractivity contribution < 1.29 is 9.84 Å². The van der Waals surface area contributed by atoms with Crippen molar-refractivity contribution >= 4 is 0 Å². The third-order valence-corrected chi connectivity index (χ3v) is 3.37. The SMILES string of the molecule is Cc1ccc(OCCCCC(C)(C)C#N)c([C@H](C)O)c1. The fourth-order valence-electron chi connectivity index (χ4n) is 2.03. The first-order valence-electron chi connectivity index (χ1n) is 7.18. The lowest BCUT2D eigenvalue weighted by Gasteiger charge is -2.16. The smallest absolute Gasteiger partial charge is 0.125 e. The Morgan fingerprint density at radius 3 is 2.65 bits per heavy atom. The molecule has 1 aromatic carbocycles. The summed E-state index contributed by atoms with van der Waals surface area (Å²) in [7, 11) is 0. The molecule has 0 aliphatic carbocycles. The zero-order chi connectivity index (χ0) is 15.2. The zero-order valence-electron chi connectivity index (χ0n) is 12.9. The molecule has 0 fully saturated rings. The molecule has 0 saturated heterocycles. The van der Waals surface area contributed by atoms with E-state index in [1.165, 1.54) is 0 Å². The van der Waals surface area contributed by atoms with Crippen molar-refractivity contribution in [2.24, 2.45) is 5.41 Å². The Hall–Kier alpha value is -1.53. The van der Waals surface area contributed by atoms with E-state index in [0.717, 1.165) is 36.1 Å². The maximum absolute atomic E-state index is 9.75. The van der Waals surface area contributed by atoms with Gasteiger partial charge >= 0.3 is 0 Å². The molecule has 0 radical (unpaired) electrons. The van der Waals surface area contributed by atoms with Crippen molar-refractivity contribution in [3.05, 3.63) is 29.3 Å². The molecule has 3 nitrogen and oxygen atoms in total. The topological polar surface area (TPSA) is 53.2 Å². The van der Waals surface area contributed by atoms with Gasteiger partial charge in [-0.1, -0.05) is 11.6 Å². The molecule has 20 heavy (non-hydrogen) atoms. The minimum Gasteiger partial charge on any atom is -0.493 e. The predicted molar refractivity (Wildman–Crippen MR) is 80.6 cm³/mol. The van der Waals surface area contributed by atoms with E-state index in [-0.39, 0.29) is 5.41 Å². The number of ether oxygens (including phenoxy) is 1. The van der Waals surface area contributed by atoms with Gasteiger partial charge in [-0.25, -0.2) is 0 Å². The molecule has 0 spiro atoms. The maximum Gasteiger partial charge on any atom is 0.125 e. The van der Waals surface area contributed by atoms with Crippen LogP contribution in [0.3, 0.4) is 0 Å². The second-order valence-electron chi connectivity index (χ2n) is 6.02. The molecular formula is C17H25NO2. The van der Waals surface area contributed by atoms with Gasteiger partial charge in [0, 0.05) is 5.56 Å². The molecule has 0 aromatic heterocycles. The van der Waals surface area contributed by atoms with Crippen LogP contribution in [0.5, 0.6) is 5.75 Å². The molecule has 1 rings (SSSR count). The number of aliphatic hydroxyl groups excluding tert-OH is 1. The first-order chi connectivity index (χ1) is 9.35. The van der Waals surface area contributed by atoms with E-state index < -0.39 is 6.10 Å². The zero-order valence-corrected chi connectivity index (χ0v) is 12.9. The third-order valence-electron chi connectivity index (χ3n) is 3.37. The monoisotopic (exact) mass is 275 g/mol. The molecular weight excluding hydrogens is 250 g/mol. The predicted octanol–water partition coefficient (Wildman–Crippen LogP) is 4.15. The Morgan fingerprint density at radius 2 is 2.05 bits per heavy atom. The second-order valence-corrected chi connectivity index (χ2v) is 6.02. The van der Waals surface area contributed by atoms with Crippen LogP contribution in [-0.2, 0) is 0 Å². The molecule has 0 aliphatic rings. The summed E-state index contributed by atoms with van der Waals surface area (Å²) in [5, 5.41) is 18.7. The van der Waals surface area contributed by atoms with Crippen LogP contribution >= 0.6 is 0 Å². The van der Waals surface area contributed by atoms with Crippen molar-refractivity contribution in [2.45, 2.75) is 53.1 Å². The van der Waals surface area contributed by atoms with Crippen molar-refractivity contribution in [1.29, 1.82) is 5.26 Å². The van der Waals surface area contributed by atoms with Gasteiger partial charge in [0.05, 0.1) is 24.2 Å². The van der Waals surface area contributed by atoms with Gasteiger partial charge in [0.2, 0.25) is 0 Å². The molecule has 1 atom stereocenters. The highest BCUT2D eigenvalue weighted by Crippen LogP contribution is 2.27. The van der Waals surface area contributed by atoms with Gasteiger partial charge in [0.15, 0.2) is 0 Å². The lowest BCUT2D eigenvalue weighted by molar-refractivity contribution is 0.190. The molecule has 0 heterocycles. The highest BCUT2D eigenvalue weighted by molar-refractivity contribution is 5.38. The van der Waals surface area contributed by atoms with Crippen LogP contribution in [0.15, 0.2) is 18.2 Å². The van der Waals surface area contributed by atoms with Gasteiger partial charge in [-0.15, -0.1) is 0 Å². The number of rotatable bonds is 7. The molecule has 0 bridgehead atoms. The van der Waals surface area contributed by atoms with Gasteiger partial charge in [0.1, 0.15) is 5.75 Å². The Kier molecular flexibility index (Phi) is 6.04. The summed E-state index contributed by atoms with van der Waals surface area (Å²) >= 11 is 0. The van der Waals surface area contributed by atoms with Crippen LogP contribution in [0.4, 0.5) is 0 Å². The number of unbranched alkanes of at least 4 members (excludes halogenated alkanes) is 1. The fraction of sp³-hybridized carbons (Fsp3) is 0.588. The highest BCUT2D eigenvalue weighted by atomic mass is 16.5. The third kappa shape index (κ3) is 5.22. The van der Waals surface area contributed by atoms with Gasteiger partial charge in [0.25, 0.3) is 0 Å². The Morgan fingerprint density at radius 1 is 1.35 bits per heavy atom. The summed E-state index contributed by atoms with van der Waals surface area (Å²) < 4.78 is 5.76. The summed E-state index contributed by atoms with van der Waals surface area (Å²) in [5.74, 6) is 0.755. The van der Waals surface area contributed by atoms with E-state index in [1.807, 2.05) is 39.0 Å². The number of hydrogen-bond acceptors (Lipinski definition) is 3. The minimum atomic E-state index is -0.526. The summed E-state index contributed by atoms with van der Waals surface area (Å²) in [6.07, 6.45) is 2.24. The number of hydrogen-bond donors (Lipinski definition) is 1. The maximum atomic E-state index is 9.75. The van der Waals surface area contributed by atoms with E-state index in [1.54, 1.807) is 6.92 Å². The Labute approximate surface area is 122 Å². The van der Waals surface area contributed by atoms with Gasteiger partial charge in [-0.2, -0.15) is 5.26 Å². The average Bonchev–Trinajstić information content (AvgIpc) is 2.39. The lowest BCUT2D eigenvalue weighted by Crippen LogP contribution is -2.09. The first kappa shape index (κ1) is 16.5. The number of aryl methyl sites for hydroxylation is 1. The van der Waals surface area contributed by atoms with E-state index in [4.69, 9.17) is 10.00 Å². The van der Waals surface area contributed by atoms with Gasteiger partial charge < -0.3 is 9.84 Å². The van der Waals surface area contributed by atoms with Crippen molar-refractivity contribution in [3.63, 3.8) is 0 Å². The molecule has 110 valence electrons. The van der Waals surface area contributed by atoms with Gasteiger partial charge in [-0.3, -0.25) is 0 Å². The standard InChI is InChI=1S/C17H25NO2/c1-13-7-8-16(15(11-13)14(2)19)20-10-6-5-9-17(3,4)12-18/h7-8,11,14,19H,5-6,9-10H2,1-4H3/t14-/m0/s1. The van der Waals surface area contributed by atoms with Crippen LogP contribution in [0, 0.1) is 23.7 Å². The summed E-state index contributed by atoms with van der Waals surface area (Å²) in [5.41, 5.74) is 1.70. The van der Waals surface area contributed by atoms with E-state index in [0.29, 0.717) is 6.61 Å². The van der Waals surface area contributed by atoms with Crippen molar-refractivity contribution in [2.75, 3.05) is 6.61 Å². The largest absolute Gasteiger partial charge is 0.493 e. The molecule has 0 aliphatic heterocycles. The highest BCUT2D eigenvalue weighted by Gasteiger charge is 2.15. The van der Waals surface area contributed by atoms with Crippen LogP contribution in [0.1, 0.15) is 57.3 Å². The number of aliphatic hydroxyl groups is 1. The number of nitriles is 1. The molecule has 1 aromatic rings. The lowest BCUT2D eigenvalue weighted by atomic mass is 9.89. The first-order valence-corrected chi connectivity index (χ1v) is 7.18. The summed E-state index contributed by atoms with van der Waals surface area (Å²) in [6.45, 7) is 8.28. The van der Waals surface area contributed by atoms with E-state index in [2.05, 4.69) is 6.07 Å². The second kappa shape index (κ2) is 7.31. The Balaban J connectivity index is 2.45. The average molecular weight is 275 g/mol. The summed E-state index contributed by atoms with van der Waals surface area (Å²) in [6, 6.07) is 8.16. The molecule has 0 saturated carbocycles. The van der Waals surface area contributed by atoms with Crippen LogP contribution in [0.25, 0.3) is 0 Å². The van der Waals surface area contributed by atoms with Crippen molar-refractivity contribution in [1.82, 2.24) is 0 Å². The van der Waals surface area contributed by atoms with Gasteiger partial charge in [-0.05, 0) is 59.1 Å². The normalized spacial score (nSPS) is 12.8. The molecule has 0 unspecified atom stereocenters. The summed E-state index contributed by atoms with van der Waals surface area (Å²) in [4.78, 5) is 0. The van der Waals surface area contributed by atoms with Crippen LogP contribution in [0.2, 0.25) is 0 Å². The van der Waals surface area contributed by atoms with E-state index >= 15 is 0 Å². The van der Waals surface area contributed by atoms with Crippen LogP contribution in [-0.4, -0.2) is 11.7 Å². The van der Waals surface area contributed by atoms with E-state index in [9.17, 15) is 5.11 Å². The molecule has 1 N–H and O–H groups in total. The fourth-order valence-corrected chi connectivity index (χ4v) is 2.03. The Bertz CT molecular complexity index is 472. The van der Waals surface area contributed by atoms with Crippen molar-refractivity contribution in [3.8, 4) is 11.8 Å². The minimum absolute atomic E-state index is 0.255. The van der Waals surface area contributed by atoms with Crippen LogP contribution < -0.4 is 4.74 Å². The number of benzene rings is 1. The molecule has 0 amide bonds. The molecule has 3 heteroatoms. The number of nitrogens with zero attached hydrogens (tertiary/aromatic N) is 1.